The first-order chi connectivity index (χ1) is 22.7. The Bertz CT molecular complexity index is 2120. The van der Waals surface area contributed by atoms with Crippen LogP contribution in [-0.4, -0.2) is 29.3 Å². The number of aromatic nitrogens is 2. The second-order valence-electron chi connectivity index (χ2n) is 13.1. The number of pyridine rings is 1. The Morgan fingerprint density at radius 1 is 1.02 bits per heavy atom. The summed E-state index contributed by atoms with van der Waals surface area (Å²) in [6.45, 7) is 4.13. The number of aliphatic imine (C=N–C) groups is 1. The van der Waals surface area contributed by atoms with Gasteiger partial charge in [0.25, 0.3) is 0 Å². The molecule has 0 spiro atoms. The average molecular weight is 603 g/mol. The van der Waals surface area contributed by atoms with Gasteiger partial charge in [0.15, 0.2) is 0 Å². The highest BCUT2D eigenvalue weighted by atomic mass is 15.0. The van der Waals surface area contributed by atoms with E-state index in [-0.39, 0.29) is 12.0 Å². The van der Waals surface area contributed by atoms with Gasteiger partial charge in [-0.05, 0) is 112 Å². The molecule has 228 valence electrons. The summed E-state index contributed by atoms with van der Waals surface area (Å²) in [5.41, 5.74) is 25.3. The van der Waals surface area contributed by atoms with Crippen molar-refractivity contribution in [1.82, 2.24) is 20.6 Å². The number of rotatable bonds is 5. The summed E-state index contributed by atoms with van der Waals surface area (Å²) < 4.78 is 0. The van der Waals surface area contributed by atoms with Gasteiger partial charge < -0.3 is 21.4 Å². The third kappa shape index (κ3) is 4.23. The highest BCUT2D eigenvalue weighted by molar-refractivity contribution is 5.98. The number of allylic oxidation sites excluding steroid dienone is 4. The zero-order valence-corrected chi connectivity index (χ0v) is 26.2. The molecule has 2 aromatic carbocycles. The first kappa shape index (κ1) is 27.2. The molecule has 3 aliphatic heterocycles. The average Bonchev–Trinajstić information content (AvgIpc) is 3.79. The number of H-pyrrole nitrogens is 1. The van der Waals surface area contributed by atoms with Crippen LogP contribution in [0.4, 0.5) is 5.69 Å². The number of aromatic amines is 1. The Hall–Kier alpha value is -5.10. The summed E-state index contributed by atoms with van der Waals surface area (Å²) in [6, 6.07) is 16.0. The molecule has 6 nitrogen and oxygen atoms in total. The van der Waals surface area contributed by atoms with E-state index in [4.69, 9.17) is 10.7 Å². The minimum atomic E-state index is 0.0515. The van der Waals surface area contributed by atoms with Gasteiger partial charge in [-0.15, -0.1) is 0 Å². The monoisotopic (exact) mass is 602 g/mol. The van der Waals surface area contributed by atoms with Gasteiger partial charge in [-0.3, -0.25) is 9.98 Å². The predicted molar refractivity (Wildman–Crippen MR) is 189 cm³/mol. The van der Waals surface area contributed by atoms with E-state index in [9.17, 15) is 0 Å². The lowest BCUT2D eigenvalue weighted by Gasteiger charge is -2.37. The molecule has 2 atom stereocenters. The third-order valence-corrected chi connectivity index (χ3v) is 10.4. The van der Waals surface area contributed by atoms with Crippen molar-refractivity contribution in [2.24, 2.45) is 4.99 Å². The van der Waals surface area contributed by atoms with Crippen LogP contribution in [0, 0.1) is 0 Å². The van der Waals surface area contributed by atoms with E-state index in [2.05, 4.69) is 94.4 Å². The van der Waals surface area contributed by atoms with Crippen molar-refractivity contribution < 1.29 is 0 Å². The summed E-state index contributed by atoms with van der Waals surface area (Å²) in [6.07, 6.45) is 20.1. The van der Waals surface area contributed by atoms with E-state index < -0.39 is 0 Å². The van der Waals surface area contributed by atoms with E-state index in [1.807, 2.05) is 18.5 Å². The van der Waals surface area contributed by atoms with E-state index in [0.29, 0.717) is 0 Å². The number of nitrogens with zero attached hydrogens (tertiary/aromatic N) is 2. The van der Waals surface area contributed by atoms with Crippen LogP contribution in [0.15, 0.2) is 112 Å². The molecule has 0 saturated heterocycles. The fourth-order valence-corrected chi connectivity index (χ4v) is 8.29. The molecule has 2 aliphatic carbocycles. The van der Waals surface area contributed by atoms with E-state index in [1.165, 1.54) is 72.8 Å². The normalized spacial score (nSPS) is 21.2. The van der Waals surface area contributed by atoms with Crippen molar-refractivity contribution in [1.29, 1.82) is 0 Å². The largest absolute Gasteiger partial charge is 0.397 e. The number of fused-ring (bicyclic) bond motifs is 5. The standard InChI is InChI=1S/C40H38N6/c1-2-6-29-32(20-23-7-3-12-42-36(23)35(29)41)26-17-27(33-21-24-8-4-13-43-37(24)39-30(33)9-5-14-44-39)19-28(18-26)34-22-25-10-15-45-38(25)40-31(34)11-16-46-40/h3-4,7-8,10-12,15-20,22,33,38,43-44,46H,2,5-6,9,13-14,21,41H2,1H3. The molecule has 6 heteroatoms. The summed E-state index contributed by atoms with van der Waals surface area (Å²) in [5.74, 6) is 0.288. The lowest BCUT2D eigenvalue weighted by atomic mass is 9.74. The quantitative estimate of drug-likeness (QED) is 0.176. The molecule has 0 saturated carbocycles. The molecule has 0 bridgehead atoms. The highest BCUT2D eigenvalue weighted by Crippen LogP contribution is 2.48. The smallest absolute Gasteiger partial charge is 0.115 e. The van der Waals surface area contributed by atoms with Crippen LogP contribution in [0.3, 0.4) is 0 Å². The molecule has 0 fully saturated rings. The van der Waals surface area contributed by atoms with Crippen molar-refractivity contribution in [3.05, 3.63) is 135 Å². The Morgan fingerprint density at radius 2 is 1.96 bits per heavy atom. The Balaban J connectivity index is 1.29. The fourth-order valence-electron chi connectivity index (χ4n) is 8.29. The van der Waals surface area contributed by atoms with Crippen LogP contribution in [0.5, 0.6) is 0 Å². The number of nitrogen functional groups attached to an aromatic ring is 1. The molecule has 5 N–H and O–H groups in total. The minimum absolute atomic E-state index is 0.0515. The summed E-state index contributed by atoms with van der Waals surface area (Å²) in [4.78, 5) is 13.0. The van der Waals surface area contributed by atoms with Gasteiger partial charge in [0.2, 0.25) is 0 Å². The summed E-state index contributed by atoms with van der Waals surface area (Å²) in [7, 11) is 0. The number of dihydropyridines is 1. The molecule has 5 heterocycles. The van der Waals surface area contributed by atoms with Gasteiger partial charge in [0, 0.05) is 48.6 Å². The zero-order valence-electron chi connectivity index (χ0n) is 26.2. The van der Waals surface area contributed by atoms with Gasteiger partial charge in [0.05, 0.1) is 28.3 Å². The van der Waals surface area contributed by atoms with Crippen molar-refractivity contribution in [3.63, 3.8) is 0 Å². The highest BCUT2D eigenvalue weighted by Gasteiger charge is 2.33. The first-order valence-corrected chi connectivity index (χ1v) is 16.7. The predicted octanol–water partition coefficient (Wildman–Crippen LogP) is 7.80. The van der Waals surface area contributed by atoms with Crippen molar-refractivity contribution in [3.8, 4) is 11.1 Å². The minimum Gasteiger partial charge on any atom is -0.397 e. The second-order valence-corrected chi connectivity index (χ2v) is 13.1. The maximum absolute atomic E-state index is 6.94. The van der Waals surface area contributed by atoms with Crippen LogP contribution < -0.4 is 16.4 Å². The molecular formula is C40H38N6. The van der Waals surface area contributed by atoms with Gasteiger partial charge in [-0.25, -0.2) is 0 Å². The van der Waals surface area contributed by atoms with Gasteiger partial charge in [0.1, 0.15) is 6.04 Å². The molecule has 9 rings (SSSR count). The first-order valence-electron chi connectivity index (χ1n) is 16.7. The molecule has 0 amide bonds. The Morgan fingerprint density at radius 3 is 2.89 bits per heavy atom. The lowest BCUT2D eigenvalue weighted by molar-refractivity contribution is 0.577. The molecular weight excluding hydrogens is 564 g/mol. The zero-order chi connectivity index (χ0) is 30.8. The number of nitrogens with two attached hydrogens (primary N) is 1. The van der Waals surface area contributed by atoms with Crippen LogP contribution in [0.2, 0.25) is 0 Å². The number of hydrogen-bond acceptors (Lipinski definition) is 5. The third-order valence-electron chi connectivity index (χ3n) is 10.4. The van der Waals surface area contributed by atoms with Gasteiger partial charge in [-0.1, -0.05) is 43.7 Å². The van der Waals surface area contributed by atoms with Crippen LogP contribution >= 0.6 is 0 Å². The number of benzene rings is 2. The molecule has 4 aromatic rings. The molecule has 2 aromatic heterocycles. The molecule has 0 radical (unpaired) electrons. The number of hydrogen-bond donors (Lipinski definition) is 4. The van der Waals surface area contributed by atoms with E-state index >= 15 is 0 Å². The van der Waals surface area contributed by atoms with E-state index in [1.54, 1.807) is 0 Å². The topological polar surface area (TPSA) is 91.1 Å². The Labute approximate surface area is 269 Å². The second kappa shape index (κ2) is 10.8. The van der Waals surface area contributed by atoms with E-state index in [0.717, 1.165) is 61.8 Å². The molecule has 46 heavy (non-hydrogen) atoms. The fraction of sp³-hybridized carbons (Fsp3) is 0.250. The summed E-state index contributed by atoms with van der Waals surface area (Å²) in [5, 5.41) is 8.56. The van der Waals surface area contributed by atoms with Crippen molar-refractivity contribution >= 4 is 28.4 Å². The van der Waals surface area contributed by atoms with Crippen LogP contribution in [0.25, 0.3) is 27.6 Å². The molecule has 5 aliphatic rings. The van der Waals surface area contributed by atoms with Gasteiger partial charge in [-0.2, -0.15) is 0 Å². The SMILES string of the molecule is CCCc1c(-c2cc(C3=CC4=CC=NC4c4[nH]ccc43)cc(C3CC4=C(NCC=C4)C4=C3CCCN4)c2)cc2cccnc2c1N. The number of nitrogens with one attached hydrogen (secondary N) is 3. The van der Waals surface area contributed by atoms with Crippen molar-refractivity contribution in [2.75, 3.05) is 18.8 Å². The maximum atomic E-state index is 6.94. The lowest BCUT2D eigenvalue weighted by Crippen LogP contribution is -2.35. The maximum Gasteiger partial charge on any atom is 0.115 e. The summed E-state index contributed by atoms with van der Waals surface area (Å²) >= 11 is 0. The number of anilines is 1. The van der Waals surface area contributed by atoms with Crippen molar-refractivity contribution in [2.45, 2.75) is 51.0 Å². The van der Waals surface area contributed by atoms with Crippen LogP contribution in [0.1, 0.15) is 72.5 Å². The Kier molecular flexibility index (Phi) is 6.37. The van der Waals surface area contributed by atoms with Gasteiger partial charge >= 0.3 is 0 Å². The van der Waals surface area contributed by atoms with Crippen LogP contribution in [-0.2, 0) is 6.42 Å². The molecule has 2 unspecified atom stereocenters.